The van der Waals surface area contributed by atoms with Crippen molar-refractivity contribution in [2.45, 2.75) is 25.7 Å². The first-order chi connectivity index (χ1) is 8.76. The average molecular weight is 262 g/mol. The number of rotatable bonds is 4. The van der Waals surface area contributed by atoms with Crippen molar-refractivity contribution in [1.29, 1.82) is 5.26 Å². The van der Waals surface area contributed by atoms with Crippen LogP contribution in [-0.2, 0) is 4.79 Å². The van der Waals surface area contributed by atoms with E-state index >= 15 is 0 Å². The minimum absolute atomic E-state index is 0.0611. The Bertz CT molecular complexity index is 500. The first-order valence-electron chi connectivity index (χ1n) is 5.86. The van der Waals surface area contributed by atoms with Crippen molar-refractivity contribution in [1.82, 2.24) is 5.32 Å². The molecule has 0 bridgehead atoms. The summed E-state index contributed by atoms with van der Waals surface area (Å²) in [6.07, 6.45) is 2.83. The van der Waals surface area contributed by atoms with Crippen LogP contribution < -0.4 is 5.32 Å². The second-order valence-electron chi connectivity index (χ2n) is 4.02. The van der Waals surface area contributed by atoms with Gasteiger partial charge < -0.3 is 9.73 Å². The summed E-state index contributed by atoms with van der Waals surface area (Å²) in [7, 11) is 0. The minimum atomic E-state index is -0.252. The van der Waals surface area contributed by atoms with E-state index in [1.54, 1.807) is 12.3 Å². The molecule has 0 aromatic carbocycles. The highest BCUT2D eigenvalue weighted by atomic mass is 32.2. The Hall–Kier alpha value is -1.67. The molecule has 2 rings (SSSR count). The van der Waals surface area contributed by atoms with Gasteiger partial charge >= 0.3 is 0 Å². The van der Waals surface area contributed by atoms with Gasteiger partial charge in [0.25, 0.3) is 0 Å². The average Bonchev–Trinajstić information content (AvgIpc) is 2.89. The van der Waals surface area contributed by atoms with Crippen molar-refractivity contribution in [2.75, 3.05) is 5.75 Å². The molecule has 2 heterocycles. The molecular formula is C13H14N2O2S. The fourth-order valence-corrected chi connectivity index (χ4v) is 2.81. The quantitative estimate of drug-likeness (QED) is 0.906. The van der Waals surface area contributed by atoms with Crippen LogP contribution in [-0.4, -0.2) is 11.7 Å². The van der Waals surface area contributed by atoms with Gasteiger partial charge in [0, 0.05) is 6.42 Å². The first-order valence-corrected chi connectivity index (χ1v) is 6.85. The van der Waals surface area contributed by atoms with Crippen molar-refractivity contribution < 1.29 is 9.21 Å². The summed E-state index contributed by atoms with van der Waals surface area (Å²) in [5.74, 6) is 1.24. The molecule has 4 nitrogen and oxygen atoms in total. The van der Waals surface area contributed by atoms with Gasteiger partial charge in [0.15, 0.2) is 0 Å². The lowest BCUT2D eigenvalue weighted by atomic mass is 9.92. The van der Waals surface area contributed by atoms with Gasteiger partial charge in [-0.05, 0) is 24.3 Å². The zero-order valence-electron chi connectivity index (χ0n) is 10.1. The Balaban J connectivity index is 2.33. The van der Waals surface area contributed by atoms with Crippen LogP contribution in [0.15, 0.2) is 33.4 Å². The highest BCUT2D eigenvalue weighted by Gasteiger charge is 2.30. The number of allylic oxidation sites excluding steroid dienone is 1. The zero-order valence-corrected chi connectivity index (χ0v) is 10.9. The van der Waals surface area contributed by atoms with E-state index in [9.17, 15) is 10.1 Å². The number of amides is 1. The Morgan fingerprint density at radius 2 is 2.50 bits per heavy atom. The highest BCUT2D eigenvalue weighted by Crippen LogP contribution is 2.36. The number of carbonyl (C=O) groups excluding carboxylic acids is 1. The fraction of sp³-hybridized carbons (Fsp3) is 0.385. The smallest absolute Gasteiger partial charge is 0.225 e. The SMILES string of the molecule is CCCSC1=C(C#N)[C@H](c2ccco2)CC(=O)N1. The van der Waals surface area contributed by atoms with E-state index in [2.05, 4.69) is 18.3 Å². The van der Waals surface area contributed by atoms with Crippen molar-refractivity contribution in [3.63, 3.8) is 0 Å². The van der Waals surface area contributed by atoms with E-state index in [1.807, 2.05) is 6.07 Å². The minimum Gasteiger partial charge on any atom is -0.469 e. The summed E-state index contributed by atoms with van der Waals surface area (Å²) in [5.41, 5.74) is 0.600. The van der Waals surface area contributed by atoms with Crippen LogP contribution >= 0.6 is 11.8 Å². The molecule has 1 aromatic heterocycles. The maximum Gasteiger partial charge on any atom is 0.225 e. The number of nitrogens with one attached hydrogen (secondary N) is 1. The standard InChI is InChI=1S/C13H14N2O2S/c1-2-6-18-13-10(8-14)9(7-12(16)15-13)11-4-3-5-17-11/h3-5,9H,2,6-7H2,1H3,(H,15,16)/t9-/m1/s1. The molecule has 1 aliphatic rings. The largest absolute Gasteiger partial charge is 0.469 e. The molecule has 1 aliphatic heterocycles. The van der Waals surface area contributed by atoms with Crippen LogP contribution in [0.25, 0.3) is 0 Å². The topological polar surface area (TPSA) is 66.0 Å². The Kier molecular flexibility index (Phi) is 4.11. The fourth-order valence-electron chi connectivity index (χ4n) is 1.87. The van der Waals surface area contributed by atoms with Crippen molar-refractivity contribution in [3.05, 3.63) is 34.8 Å². The first kappa shape index (κ1) is 12.8. The molecule has 1 aromatic rings. The molecule has 1 amide bonds. The lowest BCUT2D eigenvalue weighted by Gasteiger charge is -2.23. The summed E-state index contributed by atoms with van der Waals surface area (Å²) in [6, 6.07) is 5.79. The van der Waals surface area contributed by atoms with Crippen LogP contribution in [0, 0.1) is 11.3 Å². The summed E-state index contributed by atoms with van der Waals surface area (Å²) >= 11 is 1.52. The summed E-state index contributed by atoms with van der Waals surface area (Å²) in [5, 5.41) is 12.8. The lowest BCUT2D eigenvalue weighted by Crippen LogP contribution is -2.30. The second kappa shape index (κ2) is 5.78. The predicted molar refractivity (Wildman–Crippen MR) is 69.6 cm³/mol. The van der Waals surface area contributed by atoms with Gasteiger partial charge in [-0.3, -0.25) is 4.79 Å². The molecule has 0 fully saturated rings. The Labute approximate surface area is 110 Å². The van der Waals surface area contributed by atoms with Gasteiger partial charge in [-0.15, -0.1) is 11.8 Å². The molecule has 0 saturated carbocycles. The van der Waals surface area contributed by atoms with Gasteiger partial charge in [-0.2, -0.15) is 5.26 Å². The molecule has 94 valence electrons. The number of hydrogen-bond acceptors (Lipinski definition) is 4. The number of hydrogen-bond donors (Lipinski definition) is 1. The zero-order chi connectivity index (χ0) is 13.0. The maximum absolute atomic E-state index is 11.7. The van der Waals surface area contributed by atoms with E-state index in [1.165, 1.54) is 11.8 Å². The molecule has 0 saturated heterocycles. The van der Waals surface area contributed by atoms with Crippen molar-refractivity contribution in [2.24, 2.45) is 0 Å². The molecule has 18 heavy (non-hydrogen) atoms. The lowest BCUT2D eigenvalue weighted by molar-refractivity contribution is -0.120. The third-order valence-corrected chi connectivity index (χ3v) is 3.92. The van der Waals surface area contributed by atoms with Crippen LogP contribution in [0.4, 0.5) is 0 Å². The molecule has 1 N–H and O–H groups in total. The molecule has 0 spiro atoms. The number of nitrogens with zero attached hydrogens (tertiary/aromatic N) is 1. The highest BCUT2D eigenvalue weighted by molar-refractivity contribution is 8.03. The van der Waals surface area contributed by atoms with Crippen LogP contribution in [0.3, 0.4) is 0 Å². The summed E-state index contributed by atoms with van der Waals surface area (Å²) < 4.78 is 5.33. The van der Waals surface area contributed by atoms with E-state index in [0.29, 0.717) is 16.4 Å². The van der Waals surface area contributed by atoms with Gasteiger partial charge in [0.1, 0.15) is 5.76 Å². The summed E-state index contributed by atoms with van der Waals surface area (Å²) in [6.45, 7) is 2.06. The maximum atomic E-state index is 11.7. The molecule has 0 aliphatic carbocycles. The van der Waals surface area contributed by atoms with E-state index < -0.39 is 0 Å². The second-order valence-corrected chi connectivity index (χ2v) is 5.13. The van der Waals surface area contributed by atoms with Crippen LogP contribution in [0.5, 0.6) is 0 Å². The van der Waals surface area contributed by atoms with Crippen molar-refractivity contribution >= 4 is 17.7 Å². The van der Waals surface area contributed by atoms with Gasteiger partial charge in [-0.1, -0.05) is 6.92 Å². The normalized spacial score (nSPS) is 19.6. The molecular weight excluding hydrogens is 248 g/mol. The Morgan fingerprint density at radius 1 is 1.67 bits per heavy atom. The van der Waals surface area contributed by atoms with Gasteiger partial charge in [-0.25, -0.2) is 0 Å². The molecule has 0 radical (unpaired) electrons. The van der Waals surface area contributed by atoms with Crippen LogP contribution in [0.2, 0.25) is 0 Å². The van der Waals surface area contributed by atoms with Crippen molar-refractivity contribution in [3.8, 4) is 6.07 Å². The molecule has 5 heteroatoms. The number of thioether (sulfide) groups is 1. The summed E-state index contributed by atoms with van der Waals surface area (Å²) in [4.78, 5) is 11.7. The monoisotopic (exact) mass is 262 g/mol. The molecule has 0 unspecified atom stereocenters. The number of nitriles is 1. The van der Waals surface area contributed by atoms with Gasteiger partial charge in [0.05, 0.1) is 28.9 Å². The van der Waals surface area contributed by atoms with E-state index in [0.717, 1.165) is 12.2 Å². The third-order valence-electron chi connectivity index (χ3n) is 2.69. The third kappa shape index (κ3) is 2.59. The molecule has 1 atom stereocenters. The number of furan rings is 1. The van der Waals surface area contributed by atoms with E-state index in [4.69, 9.17) is 4.42 Å². The van der Waals surface area contributed by atoms with E-state index in [-0.39, 0.29) is 18.2 Å². The van der Waals surface area contributed by atoms with Crippen LogP contribution in [0.1, 0.15) is 31.4 Å². The van der Waals surface area contributed by atoms with Gasteiger partial charge in [0.2, 0.25) is 5.91 Å². The number of carbonyl (C=O) groups is 1. The Morgan fingerprint density at radius 3 is 3.11 bits per heavy atom. The predicted octanol–water partition coefficient (Wildman–Crippen LogP) is 2.76.